The Balaban J connectivity index is 1.70. The number of carbonyl (C=O) groups is 5. The molecule has 44 heavy (non-hydrogen) atoms. The molecule has 2 aromatic carbocycles. The van der Waals surface area contributed by atoms with E-state index < -0.39 is 48.0 Å². The third-order valence-electron chi connectivity index (χ3n) is 6.72. The molecular weight excluding hydrogens is 637 g/mol. The Labute approximate surface area is 262 Å². The molecule has 0 saturated heterocycles. The summed E-state index contributed by atoms with van der Waals surface area (Å²) in [4.78, 5) is 71.7. The lowest BCUT2D eigenvalue weighted by Crippen LogP contribution is -2.38. The molecule has 0 saturated carbocycles. The van der Waals surface area contributed by atoms with Gasteiger partial charge in [0.25, 0.3) is 11.8 Å². The lowest BCUT2D eigenvalue weighted by molar-refractivity contribution is -0.145. The van der Waals surface area contributed by atoms with Crippen LogP contribution < -0.4 is 4.90 Å². The second-order valence-electron chi connectivity index (χ2n) is 10.2. The molecule has 3 aromatic rings. The first-order valence-electron chi connectivity index (χ1n) is 14.1. The van der Waals surface area contributed by atoms with Gasteiger partial charge in [-0.05, 0) is 78.5 Å². The minimum Gasteiger partial charge on any atom is -0.466 e. The van der Waals surface area contributed by atoms with Crippen molar-refractivity contribution < 1.29 is 37.8 Å². The van der Waals surface area contributed by atoms with Crippen molar-refractivity contribution in [3.8, 4) is 0 Å². The number of amides is 3. The standard InChI is InChI=1S/C32H31BrFN3O7/c1-4-43-26(39)17-25(38)36(14-7-15-37-30(40)23-8-5-6-9-24(23)31(37)41)29-27(33)21(16-20-10-12-22(34)13-11-20)18-35-28(29)32(42)44-19(2)3/h5-6,8-13,18-19H,4,7,14-17H2,1-3H3. The smallest absolute Gasteiger partial charge is 0.359 e. The Morgan fingerprint density at radius 3 is 2.25 bits per heavy atom. The molecule has 230 valence electrons. The summed E-state index contributed by atoms with van der Waals surface area (Å²) in [7, 11) is 0. The Kier molecular flexibility index (Phi) is 10.6. The quantitative estimate of drug-likeness (QED) is 0.148. The van der Waals surface area contributed by atoms with Gasteiger partial charge in [-0.15, -0.1) is 0 Å². The van der Waals surface area contributed by atoms with Gasteiger partial charge in [0, 0.05) is 30.2 Å². The van der Waals surface area contributed by atoms with E-state index in [2.05, 4.69) is 20.9 Å². The van der Waals surface area contributed by atoms with Crippen molar-refractivity contribution in [3.05, 3.63) is 93.0 Å². The summed E-state index contributed by atoms with van der Waals surface area (Å²) in [6, 6.07) is 12.3. The molecule has 0 radical (unpaired) electrons. The number of carbonyl (C=O) groups excluding carboxylic acids is 5. The molecule has 3 amide bonds. The van der Waals surface area contributed by atoms with E-state index in [0.29, 0.717) is 21.2 Å². The molecule has 0 aliphatic carbocycles. The van der Waals surface area contributed by atoms with Crippen LogP contribution in [0.25, 0.3) is 0 Å². The van der Waals surface area contributed by atoms with Crippen LogP contribution in [0.2, 0.25) is 0 Å². The Morgan fingerprint density at radius 2 is 1.66 bits per heavy atom. The zero-order valence-corrected chi connectivity index (χ0v) is 26.1. The van der Waals surface area contributed by atoms with E-state index in [4.69, 9.17) is 9.47 Å². The van der Waals surface area contributed by atoms with E-state index >= 15 is 0 Å². The lowest BCUT2D eigenvalue weighted by atomic mass is 10.0. The lowest BCUT2D eigenvalue weighted by Gasteiger charge is -2.27. The highest BCUT2D eigenvalue weighted by molar-refractivity contribution is 9.10. The van der Waals surface area contributed by atoms with Crippen molar-refractivity contribution in [2.75, 3.05) is 24.6 Å². The number of rotatable bonds is 12. The number of ether oxygens (including phenoxy) is 2. The largest absolute Gasteiger partial charge is 0.466 e. The van der Waals surface area contributed by atoms with Crippen LogP contribution in [-0.4, -0.2) is 65.3 Å². The van der Waals surface area contributed by atoms with Crippen LogP contribution >= 0.6 is 15.9 Å². The van der Waals surface area contributed by atoms with Gasteiger partial charge in [-0.25, -0.2) is 14.2 Å². The summed E-state index contributed by atoms with van der Waals surface area (Å²) in [5, 5.41) is 0. The normalized spacial score (nSPS) is 12.4. The maximum atomic E-state index is 13.7. The maximum absolute atomic E-state index is 13.7. The van der Waals surface area contributed by atoms with Gasteiger partial charge in [-0.1, -0.05) is 24.3 Å². The topological polar surface area (TPSA) is 123 Å². The average molecular weight is 669 g/mol. The number of nitrogens with zero attached hydrogens (tertiary/aromatic N) is 3. The van der Waals surface area contributed by atoms with Gasteiger partial charge in [0.1, 0.15) is 12.2 Å². The van der Waals surface area contributed by atoms with Crippen LogP contribution in [0.15, 0.2) is 59.2 Å². The first kappa shape index (κ1) is 32.5. The summed E-state index contributed by atoms with van der Waals surface area (Å²) in [5.41, 5.74) is 1.80. The molecule has 0 bridgehead atoms. The molecule has 0 unspecified atom stereocenters. The summed E-state index contributed by atoms with van der Waals surface area (Å²) in [5.74, 6) is -3.53. The number of hydrogen-bond donors (Lipinski definition) is 0. The second kappa shape index (κ2) is 14.3. The number of anilines is 1. The van der Waals surface area contributed by atoms with E-state index in [1.54, 1.807) is 57.2 Å². The molecule has 0 spiro atoms. The number of imide groups is 1. The van der Waals surface area contributed by atoms with Crippen LogP contribution in [0, 0.1) is 5.82 Å². The van der Waals surface area contributed by atoms with Crippen molar-refractivity contribution in [1.29, 1.82) is 0 Å². The van der Waals surface area contributed by atoms with Gasteiger partial charge < -0.3 is 14.4 Å². The third-order valence-corrected chi connectivity index (χ3v) is 7.61. The SMILES string of the molecule is CCOC(=O)CC(=O)N(CCCN1C(=O)c2ccccc2C1=O)c1c(C(=O)OC(C)C)ncc(Cc2ccc(F)cc2)c1Br. The molecule has 1 aliphatic rings. The number of benzene rings is 2. The van der Waals surface area contributed by atoms with E-state index in [1.807, 2.05) is 0 Å². The van der Waals surface area contributed by atoms with E-state index in [1.165, 1.54) is 23.2 Å². The third kappa shape index (κ3) is 7.36. The Hall–Kier alpha value is -4.45. The maximum Gasteiger partial charge on any atom is 0.359 e. The molecule has 1 aromatic heterocycles. The predicted molar refractivity (Wildman–Crippen MR) is 162 cm³/mol. The van der Waals surface area contributed by atoms with Crippen LogP contribution in [0.4, 0.5) is 10.1 Å². The highest BCUT2D eigenvalue weighted by atomic mass is 79.9. The van der Waals surface area contributed by atoms with Crippen LogP contribution in [0.5, 0.6) is 0 Å². The van der Waals surface area contributed by atoms with E-state index in [9.17, 15) is 28.4 Å². The summed E-state index contributed by atoms with van der Waals surface area (Å²) in [6.45, 7) is 4.90. The molecule has 12 heteroatoms. The number of halogens is 2. The zero-order valence-electron chi connectivity index (χ0n) is 24.5. The molecule has 0 atom stereocenters. The molecular formula is C32H31BrFN3O7. The fourth-order valence-corrected chi connectivity index (χ4v) is 5.39. The Bertz CT molecular complexity index is 1560. The molecule has 0 N–H and O–H groups in total. The van der Waals surface area contributed by atoms with Gasteiger partial charge in [0.15, 0.2) is 5.69 Å². The minimum atomic E-state index is -0.793. The minimum absolute atomic E-state index is 0.0262. The molecule has 2 heterocycles. The van der Waals surface area contributed by atoms with Crippen molar-refractivity contribution in [2.45, 2.75) is 46.1 Å². The predicted octanol–water partition coefficient (Wildman–Crippen LogP) is 5.11. The monoisotopic (exact) mass is 667 g/mol. The van der Waals surface area contributed by atoms with Crippen molar-refractivity contribution >= 4 is 51.3 Å². The summed E-state index contributed by atoms with van der Waals surface area (Å²) in [6.07, 6.45) is 0.726. The number of fused-ring (bicyclic) bond motifs is 1. The average Bonchev–Trinajstić information content (AvgIpc) is 3.22. The van der Waals surface area contributed by atoms with Crippen LogP contribution in [0.1, 0.15) is 75.9 Å². The van der Waals surface area contributed by atoms with Crippen LogP contribution in [0.3, 0.4) is 0 Å². The van der Waals surface area contributed by atoms with Gasteiger partial charge >= 0.3 is 11.9 Å². The highest BCUT2D eigenvalue weighted by Gasteiger charge is 2.35. The van der Waals surface area contributed by atoms with Gasteiger partial charge in [0.2, 0.25) is 5.91 Å². The van der Waals surface area contributed by atoms with Crippen molar-refractivity contribution in [1.82, 2.24) is 9.88 Å². The Morgan fingerprint density at radius 1 is 1.02 bits per heavy atom. The number of hydrogen-bond acceptors (Lipinski definition) is 8. The van der Waals surface area contributed by atoms with Gasteiger partial charge in [0.05, 0.1) is 29.5 Å². The fraction of sp³-hybridized carbons (Fsp3) is 0.312. The second-order valence-corrected chi connectivity index (χ2v) is 11.0. The van der Waals surface area contributed by atoms with E-state index in [0.717, 1.165) is 10.5 Å². The van der Waals surface area contributed by atoms with Crippen molar-refractivity contribution in [2.24, 2.45) is 0 Å². The van der Waals surface area contributed by atoms with Crippen molar-refractivity contribution in [3.63, 3.8) is 0 Å². The highest BCUT2D eigenvalue weighted by Crippen LogP contribution is 2.35. The van der Waals surface area contributed by atoms with E-state index in [-0.39, 0.29) is 43.9 Å². The molecule has 4 rings (SSSR count). The van der Waals surface area contributed by atoms with Crippen LogP contribution in [-0.2, 0) is 25.5 Å². The van der Waals surface area contributed by atoms with Gasteiger partial charge in [-0.2, -0.15) is 0 Å². The number of aromatic nitrogens is 1. The number of pyridine rings is 1. The van der Waals surface area contributed by atoms with Gasteiger partial charge in [-0.3, -0.25) is 24.1 Å². The summed E-state index contributed by atoms with van der Waals surface area (Å²) >= 11 is 3.55. The molecule has 10 nitrogen and oxygen atoms in total. The molecule has 0 fully saturated rings. The first-order chi connectivity index (χ1) is 21.0. The first-order valence-corrected chi connectivity index (χ1v) is 14.8. The summed E-state index contributed by atoms with van der Waals surface area (Å²) < 4.78 is 24.3. The number of esters is 2. The zero-order chi connectivity index (χ0) is 32.0. The fourth-order valence-electron chi connectivity index (χ4n) is 4.75. The molecule has 1 aliphatic heterocycles.